The minimum atomic E-state index is -0.287. The summed E-state index contributed by atoms with van der Waals surface area (Å²) in [6, 6.07) is 16.1. The molecule has 0 unspecified atom stereocenters. The fourth-order valence-corrected chi connectivity index (χ4v) is 4.55. The van der Waals surface area contributed by atoms with Gasteiger partial charge in [0.2, 0.25) is 11.8 Å². The second kappa shape index (κ2) is 11.0. The largest absolute Gasteiger partial charge is 0.340 e. The Morgan fingerprint density at radius 2 is 1.65 bits per heavy atom. The van der Waals surface area contributed by atoms with Crippen molar-refractivity contribution in [2.45, 2.75) is 13.3 Å². The number of piperazine rings is 1. The number of carbonyl (C=O) groups excluding carboxylic acids is 3. The van der Waals surface area contributed by atoms with E-state index in [-0.39, 0.29) is 24.3 Å². The van der Waals surface area contributed by atoms with Gasteiger partial charge >= 0.3 is 0 Å². The number of nitrogens with one attached hydrogen (secondary N) is 2. The molecule has 2 aromatic carbocycles. The molecule has 0 bridgehead atoms. The lowest BCUT2D eigenvalue weighted by Gasteiger charge is -2.34. The number of nitrogens with zero attached hydrogens (tertiary/aromatic N) is 3. The number of carbonyl (C=O) groups is 3. The van der Waals surface area contributed by atoms with E-state index in [4.69, 9.17) is 0 Å². The SMILES string of the molecule is Cc1csc(CC(=O)N2CCN(CC(=O)Nc3ccccc3C(=O)Nc3ccccc3)CC2)n1. The van der Waals surface area contributed by atoms with Crippen molar-refractivity contribution in [2.24, 2.45) is 0 Å². The predicted octanol–water partition coefficient (Wildman–Crippen LogP) is 3.03. The average Bonchev–Trinajstić information content (AvgIpc) is 3.24. The van der Waals surface area contributed by atoms with E-state index in [1.54, 1.807) is 24.3 Å². The first-order chi connectivity index (χ1) is 16.5. The molecule has 0 saturated carbocycles. The van der Waals surface area contributed by atoms with Crippen molar-refractivity contribution in [3.8, 4) is 0 Å². The number of hydrogen-bond donors (Lipinski definition) is 2. The molecule has 9 heteroatoms. The summed E-state index contributed by atoms with van der Waals surface area (Å²) in [6.45, 7) is 4.50. The van der Waals surface area contributed by atoms with E-state index in [0.29, 0.717) is 49.5 Å². The molecule has 1 aliphatic heterocycles. The topological polar surface area (TPSA) is 94.6 Å². The van der Waals surface area contributed by atoms with E-state index in [9.17, 15) is 14.4 Å². The van der Waals surface area contributed by atoms with Crippen LogP contribution in [0.4, 0.5) is 11.4 Å². The third-order valence-corrected chi connectivity index (χ3v) is 6.51. The predicted molar refractivity (Wildman–Crippen MR) is 133 cm³/mol. The van der Waals surface area contributed by atoms with E-state index in [1.165, 1.54) is 11.3 Å². The third-order valence-electron chi connectivity index (χ3n) is 5.54. The van der Waals surface area contributed by atoms with E-state index in [1.807, 2.05) is 52.4 Å². The van der Waals surface area contributed by atoms with Crippen molar-refractivity contribution in [3.63, 3.8) is 0 Å². The molecule has 3 aromatic rings. The Morgan fingerprint density at radius 3 is 2.35 bits per heavy atom. The molecule has 1 aromatic heterocycles. The summed E-state index contributed by atoms with van der Waals surface area (Å²) in [4.78, 5) is 46.2. The van der Waals surface area contributed by atoms with Gasteiger partial charge in [-0.3, -0.25) is 19.3 Å². The number of thiazole rings is 1. The fraction of sp³-hybridized carbons (Fsp3) is 0.280. The Bertz CT molecular complexity index is 1160. The van der Waals surface area contributed by atoms with Crippen molar-refractivity contribution >= 4 is 40.4 Å². The number of amides is 3. The van der Waals surface area contributed by atoms with Gasteiger partial charge in [-0.2, -0.15) is 0 Å². The van der Waals surface area contributed by atoms with Gasteiger partial charge in [-0.05, 0) is 31.2 Å². The molecule has 4 rings (SSSR count). The first kappa shape index (κ1) is 23.6. The molecule has 176 valence electrons. The number of benzene rings is 2. The summed E-state index contributed by atoms with van der Waals surface area (Å²) in [5.74, 6) is -0.417. The van der Waals surface area contributed by atoms with E-state index in [0.717, 1.165) is 10.7 Å². The van der Waals surface area contributed by atoms with Crippen LogP contribution < -0.4 is 10.6 Å². The lowest BCUT2D eigenvalue weighted by molar-refractivity contribution is -0.132. The van der Waals surface area contributed by atoms with Gasteiger partial charge in [0, 0.05) is 42.9 Å². The van der Waals surface area contributed by atoms with E-state index in [2.05, 4.69) is 15.6 Å². The average molecular weight is 478 g/mol. The van der Waals surface area contributed by atoms with Gasteiger partial charge in [0.05, 0.1) is 24.2 Å². The first-order valence-electron chi connectivity index (χ1n) is 11.1. The van der Waals surface area contributed by atoms with Crippen molar-refractivity contribution in [2.75, 3.05) is 43.4 Å². The summed E-state index contributed by atoms with van der Waals surface area (Å²) >= 11 is 1.50. The van der Waals surface area contributed by atoms with Gasteiger partial charge in [-0.15, -0.1) is 11.3 Å². The molecule has 0 aliphatic carbocycles. The van der Waals surface area contributed by atoms with Crippen LogP contribution in [0.1, 0.15) is 21.1 Å². The highest BCUT2D eigenvalue weighted by atomic mass is 32.1. The van der Waals surface area contributed by atoms with Gasteiger partial charge in [0.25, 0.3) is 5.91 Å². The Morgan fingerprint density at radius 1 is 0.941 bits per heavy atom. The summed E-state index contributed by atoms with van der Waals surface area (Å²) in [5.41, 5.74) is 2.48. The second-order valence-corrected chi connectivity index (χ2v) is 9.07. The number of aromatic nitrogens is 1. The quantitative estimate of drug-likeness (QED) is 0.546. The molecule has 3 amide bonds. The molecule has 8 nitrogen and oxygen atoms in total. The van der Waals surface area contributed by atoms with Crippen LogP contribution in [0, 0.1) is 6.92 Å². The highest BCUT2D eigenvalue weighted by Crippen LogP contribution is 2.18. The van der Waals surface area contributed by atoms with Crippen LogP contribution in [0.15, 0.2) is 60.0 Å². The summed E-state index contributed by atoms with van der Waals surface area (Å²) < 4.78 is 0. The lowest BCUT2D eigenvalue weighted by Crippen LogP contribution is -2.50. The molecule has 1 saturated heterocycles. The lowest BCUT2D eigenvalue weighted by atomic mass is 10.1. The van der Waals surface area contributed by atoms with Crippen LogP contribution in [0.5, 0.6) is 0 Å². The van der Waals surface area contributed by atoms with Crippen LogP contribution in [0.2, 0.25) is 0 Å². The number of anilines is 2. The molecular formula is C25H27N5O3S. The molecule has 34 heavy (non-hydrogen) atoms. The van der Waals surface area contributed by atoms with Crippen molar-refractivity contribution in [3.05, 3.63) is 76.2 Å². The smallest absolute Gasteiger partial charge is 0.257 e. The van der Waals surface area contributed by atoms with Crippen LogP contribution in [0.3, 0.4) is 0 Å². The van der Waals surface area contributed by atoms with Gasteiger partial charge in [-0.25, -0.2) is 4.98 Å². The molecule has 2 N–H and O–H groups in total. The number of para-hydroxylation sites is 2. The number of aryl methyl sites for hydroxylation is 1. The van der Waals surface area contributed by atoms with Crippen molar-refractivity contribution < 1.29 is 14.4 Å². The maximum Gasteiger partial charge on any atom is 0.257 e. The van der Waals surface area contributed by atoms with Crippen molar-refractivity contribution in [1.29, 1.82) is 0 Å². The van der Waals surface area contributed by atoms with Crippen LogP contribution in [-0.4, -0.2) is 65.2 Å². The molecule has 0 spiro atoms. The number of rotatable bonds is 7. The van der Waals surface area contributed by atoms with Gasteiger partial charge in [-0.1, -0.05) is 30.3 Å². The van der Waals surface area contributed by atoms with Gasteiger partial charge in [0.1, 0.15) is 5.01 Å². The maximum absolute atomic E-state index is 12.7. The van der Waals surface area contributed by atoms with Gasteiger partial charge in [0.15, 0.2) is 0 Å². The summed E-state index contributed by atoms with van der Waals surface area (Å²) in [6.07, 6.45) is 0.320. The molecule has 1 fully saturated rings. The minimum Gasteiger partial charge on any atom is -0.340 e. The van der Waals surface area contributed by atoms with Crippen LogP contribution >= 0.6 is 11.3 Å². The first-order valence-corrected chi connectivity index (χ1v) is 12.0. The summed E-state index contributed by atoms with van der Waals surface area (Å²) in [7, 11) is 0. The molecule has 0 atom stereocenters. The van der Waals surface area contributed by atoms with E-state index < -0.39 is 0 Å². The molecule has 0 radical (unpaired) electrons. The van der Waals surface area contributed by atoms with Crippen LogP contribution in [0.25, 0.3) is 0 Å². The zero-order valence-corrected chi connectivity index (χ0v) is 19.8. The van der Waals surface area contributed by atoms with Gasteiger partial charge < -0.3 is 15.5 Å². The Balaban J connectivity index is 1.27. The highest BCUT2D eigenvalue weighted by molar-refractivity contribution is 7.09. The second-order valence-electron chi connectivity index (χ2n) is 8.13. The summed E-state index contributed by atoms with van der Waals surface area (Å²) in [5, 5.41) is 8.49. The molecule has 2 heterocycles. The molecule has 1 aliphatic rings. The Labute approximate surface area is 202 Å². The zero-order chi connectivity index (χ0) is 23.9. The standard InChI is InChI=1S/C25H27N5O3S/c1-18-17-34-23(26-18)15-24(32)30-13-11-29(12-14-30)16-22(31)28-21-10-6-5-9-20(21)25(33)27-19-7-3-2-4-8-19/h2-10,17H,11-16H2,1H3,(H,27,33)(H,28,31). The van der Waals surface area contributed by atoms with Crippen LogP contribution in [-0.2, 0) is 16.0 Å². The van der Waals surface area contributed by atoms with E-state index >= 15 is 0 Å². The highest BCUT2D eigenvalue weighted by Gasteiger charge is 2.23. The third kappa shape index (κ3) is 6.27. The Kier molecular flexibility index (Phi) is 7.66. The minimum absolute atomic E-state index is 0.0665. The zero-order valence-electron chi connectivity index (χ0n) is 19.0. The van der Waals surface area contributed by atoms with Crippen molar-refractivity contribution in [1.82, 2.24) is 14.8 Å². The monoisotopic (exact) mass is 477 g/mol. The Hall–Kier alpha value is -3.56. The normalized spacial score (nSPS) is 14.0. The maximum atomic E-state index is 12.7. The molecular weight excluding hydrogens is 450 g/mol. The number of hydrogen-bond acceptors (Lipinski definition) is 6. The fourth-order valence-electron chi connectivity index (χ4n) is 3.78.